The first-order valence-electron chi connectivity index (χ1n) is 11.1. The zero-order valence-corrected chi connectivity index (χ0v) is 18.0. The molecule has 1 aromatic carbocycles. The molecule has 2 saturated heterocycles. The zero-order valence-electron chi connectivity index (χ0n) is 18.0. The molecule has 2 fully saturated rings. The smallest absolute Gasteiger partial charge is 0.249 e. The molecule has 8 nitrogen and oxygen atoms in total. The molecule has 0 spiro atoms. The van der Waals surface area contributed by atoms with E-state index in [0.29, 0.717) is 51.0 Å². The fourth-order valence-corrected chi connectivity index (χ4v) is 4.40. The van der Waals surface area contributed by atoms with Crippen molar-refractivity contribution in [3.05, 3.63) is 47.6 Å². The first-order valence-corrected chi connectivity index (χ1v) is 11.1. The molecule has 1 atom stereocenters. The minimum absolute atomic E-state index is 0.0371. The fraction of sp³-hybridized carbons (Fsp3) is 0.565. The van der Waals surface area contributed by atoms with Crippen LogP contribution in [0.15, 0.2) is 34.9 Å². The van der Waals surface area contributed by atoms with Crippen molar-refractivity contribution in [2.75, 3.05) is 26.2 Å². The molecule has 0 N–H and O–H groups in total. The van der Waals surface area contributed by atoms with Crippen molar-refractivity contribution in [3.8, 4) is 0 Å². The standard InChI is InChI=1S/C23H30N4O4/c1-17(28)26-13-9-19(10-14-26)23(29)27-12-5-8-20(27)22-24-21(25-31-22)11-15-30-16-18-6-3-2-4-7-18/h2-4,6-7,19-20H,5,8-16H2,1H3. The highest BCUT2D eigenvalue weighted by Crippen LogP contribution is 2.34. The van der Waals surface area contributed by atoms with E-state index in [1.165, 1.54) is 0 Å². The number of likely N-dealkylation sites (tertiary alicyclic amines) is 2. The van der Waals surface area contributed by atoms with E-state index >= 15 is 0 Å². The van der Waals surface area contributed by atoms with Crippen molar-refractivity contribution >= 4 is 11.8 Å². The molecule has 4 rings (SSSR count). The van der Waals surface area contributed by atoms with Crippen LogP contribution >= 0.6 is 0 Å². The lowest BCUT2D eigenvalue weighted by Gasteiger charge is -2.33. The number of aromatic nitrogens is 2. The van der Waals surface area contributed by atoms with E-state index < -0.39 is 0 Å². The third-order valence-corrected chi connectivity index (χ3v) is 6.18. The first kappa shape index (κ1) is 21.5. The van der Waals surface area contributed by atoms with Crippen molar-refractivity contribution in [2.45, 2.75) is 51.7 Å². The maximum absolute atomic E-state index is 13.1. The second-order valence-electron chi connectivity index (χ2n) is 8.31. The molecule has 2 amide bonds. The topological polar surface area (TPSA) is 88.8 Å². The number of carbonyl (C=O) groups excluding carboxylic acids is 2. The van der Waals surface area contributed by atoms with E-state index in [0.717, 1.165) is 31.2 Å². The minimum Gasteiger partial charge on any atom is -0.376 e. The third kappa shape index (κ3) is 5.31. The van der Waals surface area contributed by atoms with Crippen molar-refractivity contribution in [3.63, 3.8) is 0 Å². The largest absolute Gasteiger partial charge is 0.376 e. The van der Waals surface area contributed by atoms with E-state index in [1.807, 2.05) is 40.1 Å². The number of rotatable bonds is 7. The van der Waals surface area contributed by atoms with Gasteiger partial charge in [0.25, 0.3) is 0 Å². The zero-order chi connectivity index (χ0) is 21.6. The number of piperidine rings is 1. The van der Waals surface area contributed by atoms with Gasteiger partial charge in [0.15, 0.2) is 5.82 Å². The van der Waals surface area contributed by atoms with Gasteiger partial charge >= 0.3 is 0 Å². The Morgan fingerprint density at radius 2 is 1.90 bits per heavy atom. The summed E-state index contributed by atoms with van der Waals surface area (Å²) in [6, 6.07) is 9.88. The van der Waals surface area contributed by atoms with Crippen LogP contribution in [0, 0.1) is 5.92 Å². The average Bonchev–Trinajstić information content (AvgIpc) is 3.46. The maximum atomic E-state index is 13.1. The Balaban J connectivity index is 1.28. The molecule has 1 aromatic heterocycles. The number of ether oxygens (including phenoxy) is 1. The number of nitrogens with zero attached hydrogens (tertiary/aromatic N) is 4. The highest BCUT2D eigenvalue weighted by molar-refractivity contribution is 5.80. The van der Waals surface area contributed by atoms with Gasteiger partial charge in [-0.15, -0.1) is 0 Å². The summed E-state index contributed by atoms with van der Waals surface area (Å²) >= 11 is 0. The Bertz CT molecular complexity index is 877. The summed E-state index contributed by atoms with van der Waals surface area (Å²) in [5, 5.41) is 4.09. The SMILES string of the molecule is CC(=O)N1CCC(C(=O)N2CCCC2c2nc(CCOCc3ccccc3)no2)CC1. The van der Waals surface area contributed by atoms with Gasteiger partial charge < -0.3 is 19.1 Å². The molecule has 8 heteroatoms. The Labute approximate surface area is 182 Å². The lowest BCUT2D eigenvalue weighted by Crippen LogP contribution is -2.43. The van der Waals surface area contributed by atoms with Crippen molar-refractivity contribution in [2.24, 2.45) is 5.92 Å². The fourth-order valence-electron chi connectivity index (χ4n) is 4.40. The van der Waals surface area contributed by atoms with Crippen LogP contribution in [0.5, 0.6) is 0 Å². The van der Waals surface area contributed by atoms with Crippen LogP contribution in [-0.4, -0.2) is 58.0 Å². The predicted molar refractivity (Wildman–Crippen MR) is 113 cm³/mol. The molecule has 2 aromatic rings. The summed E-state index contributed by atoms with van der Waals surface area (Å²) in [6.07, 6.45) is 3.77. The van der Waals surface area contributed by atoms with Gasteiger partial charge in [-0.05, 0) is 31.2 Å². The molecule has 0 saturated carbocycles. The number of amides is 2. The van der Waals surface area contributed by atoms with Crippen molar-refractivity contribution in [1.29, 1.82) is 0 Å². The Morgan fingerprint density at radius 1 is 1.13 bits per heavy atom. The molecule has 2 aliphatic rings. The summed E-state index contributed by atoms with van der Waals surface area (Å²) in [6.45, 7) is 4.66. The monoisotopic (exact) mass is 426 g/mol. The quantitative estimate of drug-likeness (QED) is 0.633. The lowest BCUT2D eigenvalue weighted by atomic mass is 9.95. The van der Waals surface area contributed by atoms with E-state index in [9.17, 15) is 9.59 Å². The van der Waals surface area contributed by atoms with Crippen LogP contribution < -0.4 is 0 Å². The van der Waals surface area contributed by atoms with Crippen LogP contribution in [0.4, 0.5) is 0 Å². The molecule has 3 heterocycles. The molecule has 0 bridgehead atoms. The molecule has 0 radical (unpaired) electrons. The summed E-state index contributed by atoms with van der Waals surface area (Å²) in [7, 11) is 0. The maximum Gasteiger partial charge on any atom is 0.249 e. The van der Waals surface area contributed by atoms with Gasteiger partial charge in [0.2, 0.25) is 17.7 Å². The van der Waals surface area contributed by atoms with E-state index in [-0.39, 0.29) is 23.8 Å². The normalized spacial score (nSPS) is 19.7. The van der Waals surface area contributed by atoms with Crippen LogP contribution in [0.1, 0.15) is 55.9 Å². The number of carbonyl (C=O) groups is 2. The third-order valence-electron chi connectivity index (χ3n) is 6.18. The molecule has 2 aliphatic heterocycles. The highest BCUT2D eigenvalue weighted by Gasteiger charge is 2.38. The van der Waals surface area contributed by atoms with Gasteiger partial charge in [0.1, 0.15) is 6.04 Å². The summed E-state index contributed by atoms with van der Waals surface area (Å²) in [5.74, 6) is 1.32. The van der Waals surface area contributed by atoms with Gasteiger partial charge in [0.05, 0.1) is 13.2 Å². The Hall–Kier alpha value is -2.74. The predicted octanol–water partition coefficient (Wildman–Crippen LogP) is 2.75. The Morgan fingerprint density at radius 3 is 2.65 bits per heavy atom. The molecule has 31 heavy (non-hydrogen) atoms. The van der Waals surface area contributed by atoms with Gasteiger partial charge in [0, 0.05) is 38.9 Å². The molecular weight excluding hydrogens is 396 g/mol. The first-order chi connectivity index (χ1) is 15.1. The van der Waals surface area contributed by atoms with Crippen LogP contribution in [0.3, 0.4) is 0 Å². The molecule has 1 unspecified atom stereocenters. The van der Waals surface area contributed by atoms with E-state index in [1.54, 1.807) is 6.92 Å². The van der Waals surface area contributed by atoms with E-state index in [4.69, 9.17) is 9.26 Å². The van der Waals surface area contributed by atoms with Crippen molar-refractivity contribution in [1.82, 2.24) is 19.9 Å². The number of hydrogen-bond acceptors (Lipinski definition) is 6. The van der Waals surface area contributed by atoms with Gasteiger partial charge in [-0.25, -0.2) is 0 Å². The Kier molecular flexibility index (Phi) is 6.96. The highest BCUT2D eigenvalue weighted by atomic mass is 16.5. The van der Waals surface area contributed by atoms with Crippen LogP contribution in [0.2, 0.25) is 0 Å². The van der Waals surface area contributed by atoms with E-state index in [2.05, 4.69) is 10.1 Å². The molecule has 166 valence electrons. The van der Waals surface area contributed by atoms with Crippen LogP contribution in [0.25, 0.3) is 0 Å². The summed E-state index contributed by atoms with van der Waals surface area (Å²) in [4.78, 5) is 32.9. The second kappa shape index (κ2) is 10.0. The number of hydrogen-bond donors (Lipinski definition) is 0. The minimum atomic E-state index is -0.148. The molecular formula is C23H30N4O4. The summed E-state index contributed by atoms with van der Waals surface area (Å²) in [5.41, 5.74) is 1.13. The lowest BCUT2D eigenvalue weighted by molar-refractivity contribution is -0.141. The van der Waals surface area contributed by atoms with Gasteiger partial charge in [-0.2, -0.15) is 4.98 Å². The number of benzene rings is 1. The van der Waals surface area contributed by atoms with Gasteiger partial charge in [-0.3, -0.25) is 9.59 Å². The second-order valence-corrected chi connectivity index (χ2v) is 8.31. The summed E-state index contributed by atoms with van der Waals surface area (Å²) < 4.78 is 11.2. The van der Waals surface area contributed by atoms with Crippen LogP contribution in [-0.2, 0) is 27.4 Å². The van der Waals surface area contributed by atoms with Crippen molar-refractivity contribution < 1.29 is 18.8 Å². The molecule has 0 aliphatic carbocycles. The average molecular weight is 427 g/mol. The van der Waals surface area contributed by atoms with Gasteiger partial charge in [-0.1, -0.05) is 35.5 Å².